The molecule has 0 saturated carbocycles. The van der Waals surface area contributed by atoms with Gasteiger partial charge in [0.1, 0.15) is 0 Å². The van der Waals surface area contributed by atoms with Crippen LogP contribution < -0.4 is 0 Å². The average Bonchev–Trinajstić information content (AvgIpc) is 2.39. The summed E-state index contributed by atoms with van der Waals surface area (Å²) in [6.45, 7) is 4.08. The Hall–Kier alpha value is 0.550. The van der Waals surface area contributed by atoms with Crippen molar-refractivity contribution in [3.05, 3.63) is 0 Å². The number of hydrogen-bond donors (Lipinski definition) is 4. The minimum absolute atomic E-state index is 0. The van der Waals surface area contributed by atoms with E-state index in [-0.39, 0.29) is 52.3 Å². The zero-order valence-corrected chi connectivity index (χ0v) is 21.3. The largest absolute Gasteiger partial charge is 0.395 e. The fraction of sp³-hybridized carbons (Fsp3) is 1.00. The SMILES string of the molecule is CN(C)CCO.CN(C)CCO.CN(C)CCO.CN(C)CCO.[Hf]. The fourth-order valence-corrected chi connectivity index (χ4v) is 0.800. The van der Waals surface area contributed by atoms with Gasteiger partial charge in [0.15, 0.2) is 0 Å². The van der Waals surface area contributed by atoms with Gasteiger partial charge in [0.2, 0.25) is 0 Å². The van der Waals surface area contributed by atoms with Gasteiger partial charge in [0.25, 0.3) is 0 Å². The van der Waals surface area contributed by atoms with Crippen molar-refractivity contribution in [1.82, 2.24) is 19.6 Å². The smallest absolute Gasteiger partial charge is 0.0558 e. The molecular weight excluding hydrogens is 491 g/mol. The van der Waals surface area contributed by atoms with Gasteiger partial charge in [-0.25, -0.2) is 0 Å². The Morgan fingerprint density at radius 3 is 0.520 bits per heavy atom. The first-order chi connectivity index (χ1) is 11.1. The molecule has 0 rings (SSSR count). The minimum atomic E-state index is 0. The molecule has 0 spiro atoms. The molecule has 8 nitrogen and oxygen atoms in total. The third kappa shape index (κ3) is 79.3. The summed E-state index contributed by atoms with van der Waals surface area (Å²) >= 11 is 0. The summed E-state index contributed by atoms with van der Waals surface area (Å²) in [5, 5.41) is 32.8. The van der Waals surface area contributed by atoms with Crippen molar-refractivity contribution < 1.29 is 46.3 Å². The van der Waals surface area contributed by atoms with E-state index in [1.54, 1.807) is 0 Å². The predicted molar refractivity (Wildman–Crippen MR) is 103 cm³/mol. The molecule has 156 valence electrons. The Balaban J connectivity index is -0.0000000702. The van der Waals surface area contributed by atoms with Gasteiger partial charge in [-0.3, -0.25) is 0 Å². The number of aliphatic hydroxyl groups is 4. The molecule has 0 aliphatic heterocycles. The molecular formula is C16H44HfN4O4. The zero-order valence-electron chi connectivity index (χ0n) is 17.7. The second kappa shape index (κ2) is 32.2. The number of likely N-dealkylation sites (N-methyl/N-ethyl adjacent to an activating group) is 4. The van der Waals surface area contributed by atoms with E-state index in [0.29, 0.717) is 0 Å². The molecule has 0 aromatic carbocycles. The molecule has 0 aliphatic carbocycles. The third-order valence-corrected chi connectivity index (χ3v) is 2.19. The van der Waals surface area contributed by atoms with Crippen molar-refractivity contribution in [2.45, 2.75) is 0 Å². The van der Waals surface area contributed by atoms with Gasteiger partial charge in [-0.2, -0.15) is 0 Å². The second-order valence-corrected chi connectivity index (χ2v) is 6.11. The van der Waals surface area contributed by atoms with E-state index >= 15 is 0 Å². The average molecular weight is 535 g/mol. The number of hydrogen-bond acceptors (Lipinski definition) is 8. The number of aliphatic hydroxyl groups excluding tert-OH is 4. The third-order valence-electron chi connectivity index (χ3n) is 2.19. The van der Waals surface area contributed by atoms with Gasteiger partial charge in [-0.05, 0) is 56.4 Å². The van der Waals surface area contributed by atoms with Crippen molar-refractivity contribution in [3.63, 3.8) is 0 Å². The van der Waals surface area contributed by atoms with E-state index in [0.717, 1.165) is 26.2 Å². The van der Waals surface area contributed by atoms with Crippen LogP contribution >= 0.6 is 0 Å². The molecule has 0 aromatic heterocycles. The molecule has 0 atom stereocenters. The maximum Gasteiger partial charge on any atom is 0.0558 e. The fourth-order valence-electron chi connectivity index (χ4n) is 0.800. The van der Waals surface area contributed by atoms with Gasteiger partial charge in [0, 0.05) is 52.0 Å². The predicted octanol–water partition coefficient (Wildman–Crippen LogP) is -1.84. The van der Waals surface area contributed by atoms with Crippen LogP contribution in [0.3, 0.4) is 0 Å². The van der Waals surface area contributed by atoms with Crippen LogP contribution in [0.5, 0.6) is 0 Å². The Labute approximate surface area is 174 Å². The molecule has 0 heterocycles. The molecule has 0 aliphatic rings. The molecule has 0 bridgehead atoms. The standard InChI is InChI=1S/4C4H11NO.Hf/c4*1-5(2)3-4-6;/h4*6H,3-4H2,1-2H3;. The summed E-state index contributed by atoms with van der Waals surface area (Å²) in [6, 6.07) is 0. The monoisotopic (exact) mass is 536 g/mol. The number of nitrogens with zero attached hydrogens (tertiary/aromatic N) is 4. The summed E-state index contributed by atoms with van der Waals surface area (Å²) < 4.78 is 0. The molecule has 0 unspecified atom stereocenters. The van der Waals surface area contributed by atoms with Crippen molar-refractivity contribution in [2.24, 2.45) is 0 Å². The van der Waals surface area contributed by atoms with Crippen LogP contribution in [-0.2, 0) is 25.8 Å². The molecule has 0 radical (unpaired) electrons. The van der Waals surface area contributed by atoms with Crippen LogP contribution in [0.1, 0.15) is 0 Å². The summed E-state index contributed by atoms with van der Waals surface area (Å²) in [6.07, 6.45) is 0. The van der Waals surface area contributed by atoms with Crippen LogP contribution in [0.25, 0.3) is 0 Å². The van der Waals surface area contributed by atoms with E-state index in [1.807, 2.05) is 76.0 Å². The van der Waals surface area contributed by atoms with E-state index < -0.39 is 0 Å². The maximum absolute atomic E-state index is 8.20. The van der Waals surface area contributed by atoms with Crippen molar-refractivity contribution in [1.29, 1.82) is 0 Å². The van der Waals surface area contributed by atoms with Crippen molar-refractivity contribution in [3.8, 4) is 0 Å². The Kier molecular flexibility index (Phi) is 47.0. The molecule has 0 aromatic rings. The van der Waals surface area contributed by atoms with Crippen LogP contribution in [0.4, 0.5) is 0 Å². The van der Waals surface area contributed by atoms with Crippen LogP contribution in [-0.4, -0.2) is 149 Å². The Morgan fingerprint density at radius 1 is 0.400 bits per heavy atom. The first-order valence-corrected chi connectivity index (χ1v) is 8.11. The first kappa shape index (κ1) is 36.5. The second-order valence-electron chi connectivity index (χ2n) is 6.11. The van der Waals surface area contributed by atoms with Gasteiger partial charge in [0.05, 0.1) is 26.4 Å². The van der Waals surface area contributed by atoms with E-state index in [1.165, 1.54) is 0 Å². The molecule has 0 fully saturated rings. The van der Waals surface area contributed by atoms with Crippen LogP contribution in [0, 0.1) is 0 Å². The van der Waals surface area contributed by atoms with Gasteiger partial charge in [-0.15, -0.1) is 0 Å². The van der Waals surface area contributed by atoms with Gasteiger partial charge >= 0.3 is 0 Å². The van der Waals surface area contributed by atoms with E-state index in [2.05, 4.69) is 0 Å². The summed E-state index contributed by atoms with van der Waals surface area (Å²) in [5.41, 5.74) is 0. The maximum atomic E-state index is 8.20. The summed E-state index contributed by atoms with van der Waals surface area (Å²) in [5.74, 6) is 0. The summed E-state index contributed by atoms with van der Waals surface area (Å²) in [4.78, 5) is 7.72. The minimum Gasteiger partial charge on any atom is -0.395 e. The Morgan fingerprint density at radius 2 is 0.520 bits per heavy atom. The van der Waals surface area contributed by atoms with Crippen LogP contribution in [0.15, 0.2) is 0 Å². The molecule has 25 heavy (non-hydrogen) atoms. The first-order valence-electron chi connectivity index (χ1n) is 8.11. The topological polar surface area (TPSA) is 93.9 Å². The zero-order chi connectivity index (χ0) is 20.0. The molecule has 0 amide bonds. The molecule has 9 heteroatoms. The van der Waals surface area contributed by atoms with E-state index in [4.69, 9.17) is 20.4 Å². The number of rotatable bonds is 8. The van der Waals surface area contributed by atoms with Gasteiger partial charge < -0.3 is 40.0 Å². The molecule has 4 N–H and O–H groups in total. The van der Waals surface area contributed by atoms with Gasteiger partial charge in [-0.1, -0.05) is 0 Å². The normalized spacial score (nSPS) is 9.60. The molecule has 0 saturated heterocycles. The van der Waals surface area contributed by atoms with Crippen LogP contribution in [0.2, 0.25) is 0 Å². The van der Waals surface area contributed by atoms with E-state index in [9.17, 15) is 0 Å². The quantitative estimate of drug-likeness (QED) is 0.270. The van der Waals surface area contributed by atoms with Crippen molar-refractivity contribution in [2.75, 3.05) is 109 Å². The van der Waals surface area contributed by atoms with Crippen molar-refractivity contribution >= 4 is 0 Å². The summed E-state index contributed by atoms with van der Waals surface area (Å²) in [7, 11) is 15.4. The Bertz CT molecular complexity index is 161.